The van der Waals surface area contributed by atoms with Crippen LogP contribution in [0.4, 0.5) is 5.69 Å². The summed E-state index contributed by atoms with van der Waals surface area (Å²) in [4.78, 5) is 58.0. The minimum absolute atomic E-state index is 0.00365. The van der Waals surface area contributed by atoms with Gasteiger partial charge in [-0.3, -0.25) is 19.2 Å². The number of aromatic amines is 1. The smallest absolute Gasteiger partial charge is 0.287 e. The van der Waals surface area contributed by atoms with Gasteiger partial charge in [-0.1, -0.05) is 33.8 Å². The first-order valence-electron chi connectivity index (χ1n) is 12.4. The van der Waals surface area contributed by atoms with Crippen LogP contribution in [0.2, 0.25) is 0 Å². The van der Waals surface area contributed by atoms with Crippen molar-refractivity contribution in [1.29, 1.82) is 0 Å². The quantitative estimate of drug-likeness (QED) is 0.390. The summed E-state index contributed by atoms with van der Waals surface area (Å²) in [7, 11) is 0. The number of anilines is 1. The summed E-state index contributed by atoms with van der Waals surface area (Å²) in [6.45, 7) is 8.86. The van der Waals surface area contributed by atoms with E-state index < -0.39 is 5.91 Å². The highest BCUT2D eigenvalue weighted by atomic mass is 32.1. The predicted octanol–water partition coefficient (Wildman–Crippen LogP) is 2.76. The van der Waals surface area contributed by atoms with Crippen LogP contribution < -0.4 is 26.2 Å². The summed E-state index contributed by atoms with van der Waals surface area (Å²) in [5, 5.41) is 8.90. The zero-order valence-electron chi connectivity index (χ0n) is 21.3. The van der Waals surface area contributed by atoms with E-state index >= 15 is 0 Å². The number of benzene rings is 1. The Morgan fingerprint density at radius 2 is 1.97 bits per heavy atom. The molecule has 5 rings (SSSR count). The van der Waals surface area contributed by atoms with Crippen molar-refractivity contribution in [3.05, 3.63) is 50.4 Å². The van der Waals surface area contributed by atoms with Crippen LogP contribution in [0.5, 0.6) is 5.75 Å². The first kappa shape index (κ1) is 26.3. The molecule has 2 aromatic heterocycles. The minimum Gasteiger partial charge on any atom is -0.482 e. The molecule has 0 spiro atoms. The van der Waals surface area contributed by atoms with E-state index in [2.05, 4.69) is 25.9 Å². The number of hydrogen-bond acceptors (Lipinski definition) is 7. The molecule has 1 unspecified atom stereocenters. The Morgan fingerprint density at radius 3 is 2.73 bits per heavy atom. The van der Waals surface area contributed by atoms with Crippen molar-refractivity contribution in [2.24, 2.45) is 11.8 Å². The third kappa shape index (κ3) is 5.66. The number of nitrogens with one attached hydrogen (secondary N) is 4. The zero-order chi connectivity index (χ0) is 26.7. The van der Waals surface area contributed by atoms with E-state index in [0.717, 1.165) is 16.0 Å². The average Bonchev–Trinajstić information content (AvgIpc) is 3.44. The third-order valence-corrected chi connectivity index (χ3v) is 7.18. The van der Waals surface area contributed by atoms with Crippen molar-refractivity contribution >= 4 is 45.0 Å². The predicted molar refractivity (Wildman–Crippen MR) is 142 cm³/mol. The molecule has 0 fully saturated rings. The lowest BCUT2D eigenvalue weighted by Gasteiger charge is -2.18. The normalized spacial score (nSPS) is 15.7. The lowest BCUT2D eigenvalue weighted by atomic mass is 10.0. The SMILES string of the molecule is CC.CC(C)CNC(=O)C1Cc2sc3nc(C(=O)NCc4ccc5c(c4)NC(=O)CO5)[nH]c(=O)c3c2C1. The molecule has 0 bridgehead atoms. The molecule has 1 aliphatic heterocycles. The van der Waals surface area contributed by atoms with Crippen LogP contribution in [0, 0.1) is 11.8 Å². The molecular formula is C26H31N5O5S. The van der Waals surface area contributed by atoms with Crippen LogP contribution in [0.25, 0.3) is 10.2 Å². The highest BCUT2D eigenvalue weighted by molar-refractivity contribution is 7.18. The molecule has 3 heterocycles. The number of ether oxygens (including phenoxy) is 1. The fraction of sp³-hybridized carbons (Fsp3) is 0.423. The number of nitrogens with zero attached hydrogens (tertiary/aromatic N) is 1. The van der Waals surface area contributed by atoms with E-state index in [1.165, 1.54) is 11.3 Å². The van der Waals surface area contributed by atoms with Crippen LogP contribution in [0.1, 0.15) is 54.3 Å². The van der Waals surface area contributed by atoms with E-state index in [1.54, 1.807) is 18.2 Å². The van der Waals surface area contributed by atoms with Crippen LogP contribution in [-0.4, -0.2) is 40.8 Å². The number of thiophene rings is 1. The van der Waals surface area contributed by atoms with Gasteiger partial charge in [0.25, 0.3) is 17.4 Å². The lowest BCUT2D eigenvalue weighted by molar-refractivity contribution is -0.124. The standard InChI is InChI=1S/C24H25N5O5S.C2H6/c1-11(2)8-25-21(31)13-6-14-17(7-13)35-24-19(14)22(32)28-20(29-24)23(33)26-9-12-3-4-16-15(5-12)27-18(30)10-34-16;1-2/h3-5,11,13H,6-10H2,1-2H3,(H,25,31)(H,26,33)(H,27,30)(H,28,29,32);1-2H3. The highest BCUT2D eigenvalue weighted by Gasteiger charge is 2.32. The Bertz CT molecular complexity index is 1410. The monoisotopic (exact) mass is 525 g/mol. The van der Waals surface area contributed by atoms with E-state index in [4.69, 9.17) is 4.74 Å². The number of aromatic nitrogens is 2. The number of hydrogen-bond donors (Lipinski definition) is 4. The fourth-order valence-corrected chi connectivity index (χ4v) is 5.56. The van der Waals surface area contributed by atoms with E-state index in [0.29, 0.717) is 47.0 Å². The molecule has 1 aliphatic carbocycles. The van der Waals surface area contributed by atoms with Crippen molar-refractivity contribution in [3.63, 3.8) is 0 Å². The van der Waals surface area contributed by atoms with Gasteiger partial charge in [0.2, 0.25) is 11.7 Å². The van der Waals surface area contributed by atoms with Crippen molar-refractivity contribution in [1.82, 2.24) is 20.6 Å². The summed E-state index contributed by atoms with van der Waals surface area (Å²) in [6.07, 6.45) is 1.06. The molecule has 196 valence electrons. The molecule has 2 aliphatic rings. The summed E-state index contributed by atoms with van der Waals surface area (Å²) in [6, 6.07) is 5.24. The van der Waals surface area contributed by atoms with E-state index in [-0.39, 0.29) is 42.3 Å². The number of H-pyrrole nitrogens is 1. The second-order valence-corrected chi connectivity index (χ2v) is 10.3. The lowest BCUT2D eigenvalue weighted by Crippen LogP contribution is -2.33. The maximum absolute atomic E-state index is 12.9. The van der Waals surface area contributed by atoms with Crippen LogP contribution >= 0.6 is 11.3 Å². The van der Waals surface area contributed by atoms with E-state index in [1.807, 2.05) is 27.7 Å². The van der Waals surface area contributed by atoms with Crippen molar-refractivity contribution in [2.45, 2.75) is 47.1 Å². The third-order valence-electron chi connectivity index (χ3n) is 6.03. The summed E-state index contributed by atoms with van der Waals surface area (Å²) < 4.78 is 5.34. The molecule has 1 aromatic carbocycles. The summed E-state index contributed by atoms with van der Waals surface area (Å²) in [5.74, 6) is -0.0584. The van der Waals surface area contributed by atoms with E-state index in [9.17, 15) is 19.2 Å². The molecule has 3 aromatic rings. The largest absolute Gasteiger partial charge is 0.482 e. The topological polar surface area (TPSA) is 142 Å². The fourth-order valence-electron chi connectivity index (χ4n) is 4.28. The molecule has 37 heavy (non-hydrogen) atoms. The van der Waals surface area contributed by atoms with Crippen molar-refractivity contribution < 1.29 is 19.1 Å². The molecule has 10 nitrogen and oxygen atoms in total. The zero-order valence-corrected chi connectivity index (χ0v) is 22.1. The summed E-state index contributed by atoms with van der Waals surface area (Å²) in [5.41, 5.74) is 1.77. The van der Waals surface area contributed by atoms with Gasteiger partial charge >= 0.3 is 0 Å². The van der Waals surface area contributed by atoms with Gasteiger partial charge in [-0.15, -0.1) is 11.3 Å². The molecule has 4 N–H and O–H groups in total. The maximum atomic E-state index is 12.9. The number of rotatable bonds is 6. The molecular weight excluding hydrogens is 494 g/mol. The number of fused-ring (bicyclic) bond motifs is 4. The van der Waals surface area contributed by atoms with Crippen molar-refractivity contribution in [3.8, 4) is 5.75 Å². The Labute approximate surface area is 218 Å². The van der Waals surface area contributed by atoms with Crippen LogP contribution in [0.15, 0.2) is 23.0 Å². The van der Waals surface area contributed by atoms with Gasteiger partial charge in [-0.25, -0.2) is 4.98 Å². The van der Waals surface area contributed by atoms with Crippen molar-refractivity contribution in [2.75, 3.05) is 18.5 Å². The van der Waals surface area contributed by atoms with Crippen LogP contribution in [-0.2, 0) is 29.0 Å². The van der Waals surface area contributed by atoms with Gasteiger partial charge in [0.1, 0.15) is 10.6 Å². The highest BCUT2D eigenvalue weighted by Crippen LogP contribution is 2.37. The Kier molecular flexibility index (Phi) is 7.91. The second-order valence-electron chi connectivity index (χ2n) is 9.19. The van der Waals surface area contributed by atoms with Gasteiger partial charge in [0, 0.05) is 23.9 Å². The molecule has 3 amide bonds. The average molecular weight is 526 g/mol. The Balaban J connectivity index is 0.00000156. The molecule has 1 atom stereocenters. The maximum Gasteiger partial charge on any atom is 0.287 e. The van der Waals surface area contributed by atoms with Crippen LogP contribution in [0.3, 0.4) is 0 Å². The van der Waals surface area contributed by atoms with Gasteiger partial charge in [-0.2, -0.15) is 0 Å². The first-order chi connectivity index (χ1) is 17.8. The number of carbonyl (C=O) groups excluding carboxylic acids is 3. The first-order valence-corrected chi connectivity index (χ1v) is 13.3. The summed E-state index contributed by atoms with van der Waals surface area (Å²) >= 11 is 1.36. The van der Waals surface area contributed by atoms with Gasteiger partial charge in [0.15, 0.2) is 6.61 Å². The Hall–Kier alpha value is -3.73. The number of carbonyl (C=O) groups is 3. The molecule has 0 saturated carbocycles. The Morgan fingerprint density at radius 1 is 1.19 bits per heavy atom. The number of amides is 3. The minimum atomic E-state index is -0.512. The molecule has 0 radical (unpaired) electrons. The van der Waals surface area contributed by atoms with Gasteiger partial charge in [0.05, 0.1) is 11.1 Å². The second kappa shape index (κ2) is 11.1. The van der Waals surface area contributed by atoms with Gasteiger partial charge in [-0.05, 0) is 42.0 Å². The van der Waals surface area contributed by atoms with Gasteiger partial charge < -0.3 is 25.7 Å². The molecule has 0 saturated heterocycles. The molecule has 11 heteroatoms.